The lowest BCUT2D eigenvalue weighted by atomic mass is 10.00. The van der Waals surface area contributed by atoms with Gasteiger partial charge in [-0.2, -0.15) is 13.2 Å². The van der Waals surface area contributed by atoms with Gasteiger partial charge >= 0.3 is 6.18 Å². The van der Waals surface area contributed by atoms with Crippen LogP contribution >= 0.6 is 0 Å². The first kappa shape index (κ1) is 14.7. The van der Waals surface area contributed by atoms with Crippen LogP contribution in [0.25, 0.3) is 32.9 Å². The van der Waals surface area contributed by atoms with E-state index < -0.39 is 11.7 Å². The van der Waals surface area contributed by atoms with Crippen LogP contribution in [0.15, 0.2) is 72.8 Å². The first-order valence-electron chi connectivity index (χ1n) is 7.48. The summed E-state index contributed by atoms with van der Waals surface area (Å²) in [6.45, 7) is 0. The van der Waals surface area contributed by atoms with Crippen LogP contribution in [0.3, 0.4) is 0 Å². The quantitative estimate of drug-likeness (QED) is 0.414. The Labute approximate surface area is 136 Å². The van der Waals surface area contributed by atoms with Gasteiger partial charge in [0, 0.05) is 10.9 Å². The molecule has 0 aliphatic rings. The minimum atomic E-state index is -4.46. The average molecular weight is 323 g/mol. The third kappa shape index (κ3) is 2.50. The zero-order valence-corrected chi connectivity index (χ0v) is 12.5. The first-order valence-corrected chi connectivity index (χ1v) is 7.48. The second-order valence-corrected chi connectivity index (χ2v) is 5.64. The highest BCUT2D eigenvalue weighted by molar-refractivity contribution is 5.89. The van der Waals surface area contributed by atoms with Gasteiger partial charge in [0.25, 0.3) is 0 Å². The fraction of sp³-hybridized carbons (Fsp3) is 0.0500. The van der Waals surface area contributed by atoms with Crippen LogP contribution in [0.5, 0.6) is 0 Å². The fourth-order valence-electron chi connectivity index (χ4n) is 2.89. The molecular weight excluding hydrogens is 311 g/mol. The van der Waals surface area contributed by atoms with Crippen molar-refractivity contribution in [1.29, 1.82) is 0 Å². The van der Waals surface area contributed by atoms with Crippen molar-refractivity contribution in [3.8, 4) is 11.3 Å². The van der Waals surface area contributed by atoms with Gasteiger partial charge in [-0.05, 0) is 29.0 Å². The normalized spacial score (nSPS) is 12.0. The maximum Gasteiger partial charge on any atom is 0.418 e. The summed E-state index contributed by atoms with van der Waals surface area (Å²) in [5.74, 6) is 0. The van der Waals surface area contributed by atoms with Crippen LogP contribution in [0.2, 0.25) is 0 Å². The summed E-state index contributed by atoms with van der Waals surface area (Å²) in [6.07, 6.45) is -4.46. The van der Waals surface area contributed by atoms with E-state index in [1.807, 2.05) is 30.3 Å². The number of para-hydroxylation sites is 1. The Morgan fingerprint density at radius 3 is 2.08 bits per heavy atom. The number of hydrogen-bond donors (Lipinski definition) is 0. The van der Waals surface area contributed by atoms with Gasteiger partial charge < -0.3 is 0 Å². The van der Waals surface area contributed by atoms with E-state index in [4.69, 9.17) is 0 Å². The second-order valence-electron chi connectivity index (χ2n) is 5.64. The zero-order chi connectivity index (χ0) is 16.7. The number of halogens is 3. The van der Waals surface area contributed by atoms with Crippen LogP contribution in [-0.2, 0) is 6.18 Å². The third-order valence-corrected chi connectivity index (χ3v) is 4.05. The Morgan fingerprint density at radius 2 is 1.33 bits per heavy atom. The van der Waals surface area contributed by atoms with Gasteiger partial charge in [0.05, 0.1) is 16.8 Å². The standard InChI is InChI=1S/C20H12F3N/c21-20(22,23)17-12-15-7-3-4-8-18(15)24-19(17)16-10-9-13-5-1-2-6-14(13)11-16/h1-12H. The molecule has 0 saturated carbocycles. The zero-order valence-electron chi connectivity index (χ0n) is 12.5. The van der Waals surface area contributed by atoms with Crippen LogP contribution in [0.1, 0.15) is 5.56 Å². The molecule has 118 valence electrons. The summed E-state index contributed by atoms with van der Waals surface area (Å²) in [4.78, 5) is 4.30. The highest BCUT2D eigenvalue weighted by atomic mass is 19.4. The van der Waals surface area contributed by atoms with Gasteiger partial charge in [0.2, 0.25) is 0 Å². The molecule has 0 spiro atoms. The van der Waals surface area contributed by atoms with Crippen molar-refractivity contribution in [1.82, 2.24) is 4.98 Å². The SMILES string of the molecule is FC(F)(F)c1cc2ccccc2nc1-c1ccc2ccccc2c1. The molecule has 0 aliphatic heterocycles. The van der Waals surface area contributed by atoms with Crippen molar-refractivity contribution in [3.05, 3.63) is 78.4 Å². The molecule has 24 heavy (non-hydrogen) atoms. The van der Waals surface area contributed by atoms with E-state index in [-0.39, 0.29) is 5.69 Å². The molecule has 4 rings (SSSR count). The third-order valence-electron chi connectivity index (χ3n) is 4.05. The maximum absolute atomic E-state index is 13.5. The highest BCUT2D eigenvalue weighted by Crippen LogP contribution is 2.38. The number of pyridine rings is 1. The molecule has 4 heteroatoms. The summed E-state index contributed by atoms with van der Waals surface area (Å²) in [7, 11) is 0. The Balaban J connectivity index is 2.02. The lowest BCUT2D eigenvalue weighted by Crippen LogP contribution is -2.08. The molecule has 0 bridgehead atoms. The minimum absolute atomic E-state index is 0.0352. The summed E-state index contributed by atoms with van der Waals surface area (Å²) in [5.41, 5.74) is 0.267. The van der Waals surface area contributed by atoms with E-state index in [2.05, 4.69) is 4.98 Å². The van der Waals surface area contributed by atoms with Crippen LogP contribution in [0, 0.1) is 0 Å². The number of alkyl halides is 3. The van der Waals surface area contributed by atoms with Gasteiger partial charge in [0.1, 0.15) is 0 Å². The number of aromatic nitrogens is 1. The molecule has 0 saturated heterocycles. The van der Waals surface area contributed by atoms with Crippen molar-refractivity contribution in [2.24, 2.45) is 0 Å². The lowest BCUT2D eigenvalue weighted by molar-refractivity contribution is -0.137. The van der Waals surface area contributed by atoms with Crippen molar-refractivity contribution in [2.45, 2.75) is 6.18 Å². The van der Waals surface area contributed by atoms with E-state index in [0.717, 1.165) is 10.8 Å². The van der Waals surface area contributed by atoms with Crippen LogP contribution in [0.4, 0.5) is 13.2 Å². The van der Waals surface area contributed by atoms with Crippen molar-refractivity contribution < 1.29 is 13.2 Å². The predicted molar refractivity (Wildman–Crippen MR) is 89.7 cm³/mol. The molecule has 1 nitrogen and oxygen atoms in total. The topological polar surface area (TPSA) is 12.9 Å². The first-order chi connectivity index (χ1) is 11.5. The van der Waals surface area contributed by atoms with E-state index in [1.165, 1.54) is 6.07 Å². The van der Waals surface area contributed by atoms with Crippen molar-refractivity contribution in [3.63, 3.8) is 0 Å². The largest absolute Gasteiger partial charge is 0.418 e. The number of benzene rings is 3. The molecule has 3 aromatic carbocycles. The Bertz CT molecular complexity index is 1050. The van der Waals surface area contributed by atoms with Crippen LogP contribution in [-0.4, -0.2) is 4.98 Å². The molecule has 0 N–H and O–H groups in total. The molecule has 1 heterocycles. The van der Waals surface area contributed by atoms with Crippen LogP contribution < -0.4 is 0 Å². The van der Waals surface area contributed by atoms with Gasteiger partial charge in [-0.3, -0.25) is 0 Å². The van der Waals surface area contributed by atoms with E-state index in [0.29, 0.717) is 16.5 Å². The van der Waals surface area contributed by atoms with Gasteiger partial charge in [-0.15, -0.1) is 0 Å². The predicted octanol–water partition coefficient (Wildman–Crippen LogP) is 6.07. The summed E-state index contributed by atoms with van der Waals surface area (Å²) in [5, 5.41) is 2.35. The number of hydrogen-bond acceptors (Lipinski definition) is 1. The van der Waals surface area contributed by atoms with Gasteiger partial charge in [-0.25, -0.2) is 4.98 Å². The summed E-state index contributed by atoms with van der Waals surface area (Å²) in [6, 6.07) is 20.9. The molecule has 0 amide bonds. The van der Waals surface area contributed by atoms with E-state index in [1.54, 1.807) is 36.4 Å². The van der Waals surface area contributed by atoms with Crippen molar-refractivity contribution >= 4 is 21.7 Å². The molecule has 0 fully saturated rings. The fourth-order valence-corrected chi connectivity index (χ4v) is 2.89. The second kappa shape index (κ2) is 5.34. The monoisotopic (exact) mass is 323 g/mol. The van der Waals surface area contributed by atoms with E-state index >= 15 is 0 Å². The van der Waals surface area contributed by atoms with Crippen molar-refractivity contribution in [2.75, 3.05) is 0 Å². The molecule has 0 atom stereocenters. The molecular formula is C20H12F3N. The number of rotatable bonds is 1. The summed E-state index contributed by atoms with van der Waals surface area (Å²) < 4.78 is 40.6. The lowest BCUT2D eigenvalue weighted by Gasteiger charge is -2.14. The molecule has 0 radical (unpaired) electrons. The molecule has 0 unspecified atom stereocenters. The van der Waals surface area contributed by atoms with Gasteiger partial charge in [0.15, 0.2) is 0 Å². The molecule has 4 aromatic rings. The Hall–Kier alpha value is -2.88. The Morgan fingerprint density at radius 1 is 0.667 bits per heavy atom. The molecule has 0 aliphatic carbocycles. The Kier molecular flexibility index (Phi) is 3.27. The van der Waals surface area contributed by atoms with E-state index in [9.17, 15) is 13.2 Å². The highest BCUT2D eigenvalue weighted by Gasteiger charge is 2.35. The smallest absolute Gasteiger partial charge is 0.247 e. The maximum atomic E-state index is 13.5. The summed E-state index contributed by atoms with van der Waals surface area (Å²) >= 11 is 0. The average Bonchev–Trinajstić information content (AvgIpc) is 2.59. The molecule has 1 aromatic heterocycles. The minimum Gasteiger partial charge on any atom is -0.247 e. The number of nitrogens with zero attached hydrogens (tertiary/aromatic N) is 1. The van der Waals surface area contributed by atoms with Gasteiger partial charge in [-0.1, -0.05) is 54.6 Å². The number of fused-ring (bicyclic) bond motifs is 2.